The third-order valence-electron chi connectivity index (χ3n) is 9.44. The zero-order valence-corrected chi connectivity index (χ0v) is 27.9. The largest absolute Gasteiger partial charge is 0.494 e. The second kappa shape index (κ2) is 14.9. The summed E-state index contributed by atoms with van der Waals surface area (Å²) in [5.41, 5.74) is 5.34. The average molecular weight is 739 g/mol. The molecule has 0 bridgehead atoms. The third kappa shape index (κ3) is 6.77. The van der Waals surface area contributed by atoms with Crippen LogP contribution in [0, 0.1) is 11.6 Å². The molecule has 7 atom stereocenters. The third-order valence-corrected chi connectivity index (χ3v) is 9.44. The van der Waals surface area contributed by atoms with E-state index in [9.17, 15) is 38.7 Å². The number of benzene rings is 1. The summed E-state index contributed by atoms with van der Waals surface area (Å²) >= 11 is 0. The smallest absolute Gasteiger partial charge is 0.265 e. The summed E-state index contributed by atoms with van der Waals surface area (Å²) in [6.45, 7) is -0.656. The van der Waals surface area contributed by atoms with Gasteiger partial charge in [0.2, 0.25) is 0 Å². The van der Waals surface area contributed by atoms with E-state index in [0.717, 1.165) is 12.1 Å². The fourth-order valence-electron chi connectivity index (χ4n) is 6.66. The number of hydrogen-bond acceptors (Lipinski definition) is 15. The molecule has 5 unspecified atom stereocenters. The maximum absolute atomic E-state index is 15.4. The quantitative estimate of drug-likeness (QED) is 0.103. The van der Waals surface area contributed by atoms with Crippen molar-refractivity contribution in [3.05, 3.63) is 48.2 Å². The molecular weight excluding hydrogens is 700 g/mol. The number of imidazole rings is 1. The van der Waals surface area contributed by atoms with Crippen LogP contribution in [0.1, 0.15) is 18.4 Å². The molecule has 0 radical (unpaired) electrons. The molecule has 4 aromatic rings. The summed E-state index contributed by atoms with van der Waals surface area (Å²) in [6.07, 6.45) is -8.25. The Balaban J connectivity index is 1.44. The number of pyridine rings is 1. The number of anilines is 2. The number of aliphatic hydroxyl groups is 5. The maximum Gasteiger partial charge on any atom is 0.265 e. The van der Waals surface area contributed by atoms with E-state index in [1.165, 1.54) is 33.1 Å². The molecule has 2 aliphatic heterocycles. The van der Waals surface area contributed by atoms with Gasteiger partial charge in [-0.05, 0) is 18.9 Å². The van der Waals surface area contributed by atoms with Gasteiger partial charge in [0, 0.05) is 30.3 Å². The molecule has 2 fully saturated rings. The van der Waals surface area contributed by atoms with Gasteiger partial charge in [0.05, 0.1) is 51.1 Å². The number of nitrogens with zero attached hydrogens (tertiary/aromatic N) is 6. The minimum absolute atomic E-state index is 0.000794. The lowest BCUT2D eigenvalue weighted by molar-refractivity contribution is -0.221. The Hall–Kier alpha value is -4.44. The number of hydrogen-bond donors (Lipinski definition) is 7. The van der Waals surface area contributed by atoms with Crippen LogP contribution in [0.2, 0.25) is 0 Å². The molecule has 20 heteroatoms. The van der Waals surface area contributed by atoms with Gasteiger partial charge in [-0.15, -0.1) is 0 Å². The summed E-state index contributed by atoms with van der Waals surface area (Å²) in [7, 11) is 2.49. The Labute approximate surface area is 293 Å². The summed E-state index contributed by atoms with van der Waals surface area (Å²) < 4.78 is 75.5. The van der Waals surface area contributed by atoms with Gasteiger partial charge in [-0.1, -0.05) is 0 Å². The Morgan fingerprint density at radius 3 is 2.52 bits per heavy atom. The van der Waals surface area contributed by atoms with Crippen LogP contribution in [0.5, 0.6) is 11.5 Å². The highest BCUT2D eigenvalue weighted by Crippen LogP contribution is 2.42. The molecule has 2 aliphatic rings. The number of methoxy groups -OCH3 is 2. The van der Waals surface area contributed by atoms with Crippen molar-refractivity contribution in [3.63, 3.8) is 0 Å². The van der Waals surface area contributed by atoms with Crippen LogP contribution in [0.4, 0.5) is 29.1 Å². The van der Waals surface area contributed by atoms with Gasteiger partial charge in [0.1, 0.15) is 48.4 Å². The molecule has 0 saturated carbocycles. The van der Waals surface area contributed by atoms with Gasteiger partial charge >= 0.3 is 0 Å². The van der Waals surface area contributed by atoms with Crippen molar-refractivity contribution < 1.29 is 57.3 Å². The Kier molecular flexibility index (Phi) is 10.7. The number of aromatic nitrogens is 5. The van der Waals surface area contributed by atoms with Crippen LogP contribution in [0.15, 0.2) is 31.0 Å². The van der Waals surface area contributed by atoms with Crippen molar-refractivity contribution in [2.75, 3.05) is 44.1 Å². The van der Waals surface area contributed by atoms with Crippen LogP contribution in [-0.4, -0.2) is 133 Å². The van der Waals surface area contributed by atoms with E-state index < -0.39 is 67.0 Å². The second-order valence-electron chi connectivity index (χ2n) is 12.7. The van der Waals surface area contributed by atoms with Gasteiger partial charge in [-0.2, -0.15) is 0 Å². The molecule has 16 nitrogen and oxygen atoms in total. The topological polar surface area (TPSA) is 227 Å². The summed E-state index contributed by atoms with van der Waals surface area (Å²) in [5.74, 6) is -2.02. The fourth-order valence-corrected chi connectivity index (χ4v) is 6.66. The predicted molar refractivity (Wildman–Crippen MR) is 175 cm³/mol. The molecule has 1 aromatic carbocycles. The zero-order valence-electron chi connectivity index (χ0n) is 27.9. The molecule has 5 heterocycles. The van der Waals surface area contributed by atoms with Crippen LogP contribution in [0.25, 0.3) is 22.4 Å². The van der Waals surface area contributed by atoms with Crippen molar-refractivity contribution in [2.24, 2.45) is 5.73 Å². The van der Waals surface area contributed by atoms with Crippen LogP contribution < -0.4 is 25.4 Å². The van der Waals surface area contributed by atoms with E-state index in [1.54, 1.807) is 9.47 Å². The lowest BCUT2D eigenvalue weighted by Crippen LogP contribution is -2.63. The second-order valence-corrected chi connectivity index (χ2v) is 12.7. The minimum Gasteiger partial charge on any atom is -0.494 e. The molecule has 0 aliphatic carbocycles. The van der Waals surface area contributed by atoms with Crippen LogP contribution in [0.3, 0.4) is 0 Å². The first-order valence-electron chi connectivity index (χ1n) is 16.1. The first kappa shape index (κ1) is 37.3. The number of aliphatic hydroxyl groups excluding tert-OH is 5. The molecule has 6 rings (SSSR count). The Morgan fingerprint density at radius 2 is 1.83 bits per heavy atom. The van der Waals surface area contributed by atoms with Crippen molar-refractivity contribution >= 4 is 22.7 Å². The molecule has 8 N–H and O–H groups in total. The van der Waals surface area contributed by atoms with Gasteiger partial charge in [0.15, 0.2) is 40.5 Å². The average Bonchev–Trinajstić information content (AvgIpc) is 3.55. The van der Waals surface area contributed by atoms with Crippen molar-refractivity contribution in [2.45, 2.75) is 68.1 Å². The lowest BCUT2D eigenvalue weighted by Gasteiger charge is -2.44. The molecule has 2 saturated heterocycles. The van der Waals surface area contributed by atoms with Crippen molar-refractivity contribution in [3.8, 4) is 22.8 Å². The number of piperidine rings is 1. The highest BCUT2D eigenvalue weighted by molar-refractivity contribution is 5.83. The van der Waals surface area contributed by atoms with E-state index in [0.29, 0.717) is 24.2 Å². The standard InChI is InChI=1S/C32H38F4N8O8/c1-50-19-7-16(33)14(6-17(19)34)21-26(51-2)15(18(8-38-21)43-5-3-4-32(37,11-43)27(49)28(35)36)9-44-13-41-22-29(39-12-40-30(22)44)42-31-25(48)24(47)23(46)20(10-45)52-31/h6-8,12-13,20,23-25,27-28,31,45-49H,3-5,9-11,37H2,1-2H3,(H,39,40,42)/t20?,23?,24?,25?,27-,31?,32-/m1/s1. The van der Waals surface area contributed by atoms with E-state index in [4.69, 9.17) is 19.9 Å². The van der Waals surface area contributed by atoms with Crippen LogP contribution >= 0.6 is 0 Å². The van der Waals surface area contributed by atoms with E-state index >= 15 is 4.39 Å². The fraction of sp³-hybridized carbons (Fsp3) is 0.500. The number of nitrogens with one attached hydrogen (secondary N) is 1. The predicted octanol–water partition coefficient (Wildman–Crippen LogP) is 0.368. The molecule has 282 valence electrons. The summed E-state index contributed by atoms with van der Waals surface area (Å²) in [5, 5.41) is 53.7. The number of ether oxygens (including phenoxy) is 3. The Morgan fingerprint density at radius 1 is 1.06 bits per heavy atom. The van der Waals surface area contributed by atoms with Crippen LogP contribution in [-0.2, 0) is 11.3 Å². The summed E-state index contributed by atoms with van der Waals surface area (Å²) in [6, 6.07) is 1.77. The first-order valence-corrected chi connectivity index (χ1v) is 16.1. The Bertz CT molecular complexity index is 1910. The summed E-state index contributed by atoms with van der Waals surface area (Å²) in [4.78, 5) is 19.0. The highest BCUT2D eigenvalue weighted by atomic mass is 19.3. The number of nitrogens with two attached hydrogens (primary N) is 1. The van der Waals surface area contributed by atoms with E-state index in [2.05, 4.69) is 25.3 Å². The number of fused-ring (bicyclic) bond motifs is 1. The van der Waals surface area contributed by atoms with Gasteiger partial charge in [-0.3, -0.25) is 4.98 Å². The first-order chi connectivity index (χ1) is 24.8. The number of rotatable bonds is 11. The normalized spacial score (nSPS) is 25.8. The minimum atomic E-state index is -3.10. The molecular formula is C32H38F4N8O8. The molecule has 52 heavy (non-hydrogen) atoms. The SMILES string of the molecule is COc1cc(F)c(-c2ncc(N3CCC[C@](N)([C@H](O)C(F)F)C3)c(Cn3cnc4c(NC5OC(CO)C(O)C(O)C5O)ncnc43)c2OC)cc1F. The van der Waals surface area contributed by atoms with Crippen molar-refractivity contribution in [1.29, 1.82) is 0 Å². The molecule has 0 amide bonds. The van der Waals surface area contributed by atoms with Crippen molar-refractivity contribution in [1.82, 2.24) is 24.5 Å². The van der Waals surface area contributed by atoms with E-state index in [-0.39, 0.29) is 59.2 Å². The lowest BCUT2D eigenvalue weighted by atomic mass is 9.84. The van der Waals surface area contributed by atoms with E-state index in [1.807, 2.05) is 0 Å². The molecule has 3 aromatic heterocycles. The number of alkyl halides is 2. The maximum atomic E-state index is 15.4. The number of halogens is 4. The van der Waals surface area contributed by atoms with Gasteiger partial charge in [0.25, 0.3) is 6.43 Å². The molecule has 0 spiro atoms. The monoisotopic (exact) mass is 738 g/mol. The van der Waals surface area contributed by atoms with Gasteiger partial charge < -0.3 is 60.3 Å². The van der Waals surface area contributed by atoms with Gasteiger partial charge in [-0.25, -0.2) is 32.5 Å². The zero-order chi connectivity index (χ0) is 37.5. The highest BCUT2D eigenvalue weighted by Gasteiger charge is 2.45.